The Kier molecular flexibility index (Phi) is 8.60. The minimum atomic E-state index is -1.67. The molecule has 0 aliphatic heterocycles. The van der Waals surface area contributed by atoms with E-state index in [-0.39, 0.29) is 0 Å². The maximum Gasteiger partial charge on any atom is 0.184 e. The zero-order valence-electron chi connectivity index (χ0n) is 27.0. The fourth-order valence-corrected chi connectivity index (χ4v) is 12.3. The summed E-state index contributed by atoms with van der Waals surface area (Å²) < 4.78 is 13.9. The third-order valence-electron chi connectivity index (χ3n) is 11.4. The standard InChI is InChI=1S/C34H57NO3Si2/c1-24(35-36-23-25-13-11-10-12-14-25)28-15-16-29-27-22-32(38-40(7,8)9)31-21-26(37-39(4,5)6)17-19-34(31,3)30(27)18-20-33(28,29)2/h10-14,26-32H,15-23H2,1-9H3/b35-24-/t26-,27+,28-,29+,30+,31+,32+,33-,34-/m1/s1. The minimum Gasteiger partial charge on any atom is -0.415 e. The second kappa shape index (κ2) is 11.3. The molecule has 4 saturated carbocycles. The van der Waals surface area contributed by atoms with Crippen LogP contribution in [0.4, 0.5) is 0 Å². The molecule has 5 rings (SSSR count). The Bertz CT molecular complexity index is 1050. The number of hydrogen-bond acceptors (Lipinski definition) is 4. The lowest BCUT2D eigenvalue weighted by Gasteiger charge is -2.63. The average Bonchev–Trinajstić information content (AvgIpc) is 3.21. The monoisotopic (exact) mass is 583 g/mol. The van der Waals surface area contributed by atoms with Crippen molar-refractivity contribution < 1.29 is 13.7 Å². The van der Waals surface area contributed by atoms with E-state index < -0.39 is 16.6 Å². The molecule has 9 atom stereocenters. The predicted octanol–water partition coefficient (Wildman–Crippen LogP) is 9.29. The van der Waals surface area contributed by atoms with E-state index >= 15 is 0 Å². The predicted molar refractivity (Wildman–Crippen MR) is 171 cm³/mol. The van der Waals surface area contributed by atoms with Gasteiger partial charge in [0, 0.05) is 18.1 Å². The van der Waals surface area contributed by atoms with Crippen molar-refractivity contribution in [1.82, 2.24) is 0 Å². The first kappa shape index (κ1) is 30.5. The quantitative estimate of drug-likeness (QED) is 0.174. The molecule has 4 fully saturated rings. The second-order valence-electron chi connectivity index (χ2n) is 16.3. The third kappa shape index (κ3) is 6.21. The Hall–Kier alpha value is -0.956. The van der Waals surface area contributed by atoms with Crippen molar-refractivity contribution in [3.8, 4) is 0 Å². The summed E-state index contributed by atoms with van der Waals surface area (Å²) in [5, 5.41) is 4.71. The van der Waals surface area contributed by atoms with Gasteiger partial charge in [-0.2, -0.15) is 0 Å². The molecule has 224 valence electrons. The molecule has 1 aromatic carbocycles. The van der Waals surface area contributed by atoms with Crippen LogP contribution < -0.4 is 0 Å². The summed E-state index contributed by atoms with van der Waals surface area (Å²) in [6.45, 7) is 22.3. The summed E-state index contributed by atoms with van der Waals surface area (Å²) in [6.07, 6.45) is 11.1. The van der Waals surface area contributed by atoms with Crippen LogP contribution in [0, 0.1) is 40.4 Å². The van der Waals surface area contributed by atoms with Crippen LogP contribution in [0.15, 0.2) is 35.5 Å². The van der Waals surface area contributed by atoms with Crippen LogP contribution in [0.2, 0.25) is 39.3 Å². The van der Waals surface area contributed by atoms with Crippen LogP contribution in [-0.4, -0.2) is 34.6 Å². The Morgan fingerprint density at radius 1 is 0.800 bits per heavy atom. The summed E-state index contributed by atoms with van der Waals surface area (Å²) in [5.74, 6) is 3.50. The first-order chi connectivity index (χ1) is 18.7. The first-order valence-corrected chi connectivity index (χ1v) is 23.1. The number of benzene rings is 1. The molecule has 0 unspecified atom stereocenters. The van der Waals surface area contributed by atoms with Crippen LogP contribution in [0.3, 0.4) is 0 Å². The average molecular weight is 584 g/mol. The number of nitrogens with zero attached hydrogens (tertiary/aromatic N) is 1. The minimum absolute atomic E-state index is 0.315. The highest BCUT2D eigenvalue weighted by Gasteiger charge is 2.63. The van der Waals surface area contributed by atoms with Crippen molar-refractivity contribution in [3.05, 3.63) is 35.9 Å². The Morgan fingerprint density at radius 2 is 1.45 bits per heavy atom. The molecule has 4 aliphatic carbocycles. The molecule has 0 amide bonds. The fourth-order valence-electron chi connectivity index (χ4n) is 9.96. The van der Waals surface area contributed by atoms with Gasteiger partial charge in [-0.1, -0.05) is 49.3 Å². The Labute approximate surface area is 247 Å². The molecule has 4 aliphatic rings. The zero-order valence-corrected chi connectivity index (χ0v) is 29.0. The molecule has 0 spiro atoms. The normalized spacial score (nSPS) is 40.2. The van der Waals surface area contributed by atoms with E-state index in [2.05, 4.69) is 84.3 Å². The molecule has 40 heavy (non-hydrogen) atoms. The lowest BCUT2D eigenvalue weighted by Crippen LogP contribution is -2.60. The van der Waals surface area contributed by atoms with Crippen LogP contribution in [-0.2, 0) is 20.3 Å². The SMILES string of the molecule is C/C(=N/OCc1ccccc1)[C@H]1CC[C@H]2[C@@H]3C[C@H](O[Si](C)(C)C)[C@@H]4C[C@H](O[Si](C)(C)C)CC[C@]4(C)[C@H]3CC[C@]12C. The largest absolute Gasteiger partial charge is 0.415 e. The number of oxime groups is 1. The van der Waals surface area contributed by atoms with Gasteiger partial charge in [-0.05, 0) is 138 Å². The van der Waals surface area contributed by atoms with Crippen LogP contribution in [0.1, 0.15) is 77.7 Å². The third-order valence-corrected chi connectivity index (χ3v) is 13.5. The molecule has 0 bridgehead atoms. The van der Waals surface area contributed by atoms with E-state index in [0.717, 1.165) is 17.8 Å². The summed E-state index contributed by atoms with van der Waals surface area (Å²) in [4.78, 5) is 5.89. The van der Waals surface area contributed by atoms with Gasteiger partial charge in [-0.15, -0.1) is 0 Å². The molecule has 0 N–H and O–H groups in total. The van der Waals surface area contributed by atoms with Gasteiger partial charge in [0.25, 0.3) is 0 Å². The Balaban J connectivity index is 1.35. The highest BCUT2D eigenvalue weighted by molar-refractivity contribution is 6.70. The van der Waals surface area contributed by atoms with Gasteiger partial charge in [-0.25, -0.2) is 0 Å². The first-order valence-electron chi connectivity index (χ1n) is 16.3. The highest BCUT2D eigenvalue weighted by Crippen LogP contribution is 2.68. The summed E-state index contributed by atoms with van der Waals surface area (Å²) >= 11 is 0. The molecular formula is C34H57NO3Si2. The van der Waals surface area contributed by atoms with E-state index in [4.69, 9.17) is 18.8 Å². The molecule has 0 radical (unpaired) electrons. The van der Waals surface area contributed by atoms with Gasteiger partial charge in [0.05, 0.1) is 5.71 Å². The van der Waals surface area contributed by atoms with Crippen molar-refractivity contribution in [3.63, 3.8) is 0 Å². The molecule has 4 nitrogen and oxygen atoms in total. The molecule has 0 aromatic heterocycles. The van der Waals surface area contributed by atoms with E-state index in [9.17, 15) is 0 Å². The number of rotatable bonds is 8. The fraction of sp³-hybridized carbons (Fsp3) is 0.794. The topological polar surface area (TPSA) is 40.0 Å². The van der Waals surface area contributed by atoms with Crippen LogP contribution in [0.25, 0.3) is 0 Å². The summed E-state index contributed by atoms with van der Waals surface area (Å²) in [5.41, 5.74) is 3.07. The molecule has 0 saturated heterocycles. The smallest absolute Gasteiger partial charge is 0.184 e. The van der Waals surface area contributed by atoms with Gasteiger partial charge in [0.1, 0.15) is 6.61 Å². The van der Waals surface area contributed by atoms with Gasteiger partial charge in [0.15, 0.2) is 16.6 Å². The van der Waals surface area contributed by atoms with Gasteiger partial charge >= 0.3 is 0 Å². The maximum absolute atomic E-state index is 7.14. The van der Waals surface area contributed by atoms with E-state index in [1.165, 1.54) is 62.6 Å². The van der Waals surface area contributed by atoms with Crippen molar-refractivity contribution in [1.29, 1.82) is 0 Å². The lowest BCUT2D eigenvalue weighted by atomic mass is 9.44. The summed E-state index contributed by atoms with van der Waals surface area (Å²) in [6, 6.07) is 10.4. The van der Waals surface area contributed by atoms with Crippen molar-refractivity contribution in [2.24, 2.45) is 45.6 Å². The molecule has 0 heterocycles. The van der Waals surface area contributed by atoms with Crippen molar-refractivity contribution in [2.45, 2.75) is 130 Å². The van der Waals surface area contributed by atoms with Crippen molar-refractivity contribution >= 4 is 22.3 Å². The maximum atomic E-state index is 7.14. The number of fused-ring (bicyclic) bond motifs is 5. The van der Waals surface area contributed by atoms with E-state index in [1.54, 1.807) is 0 Å². The van der Waals surface area contributed by atoms with Gasteiger partial charge < -0.3 is 13.7 Å². The second-order valence-corrected chi connectivity index (χ2v) is 25.2. The molecular weight excluding hydrogens is 527 g/mol. The lowest BCUT2D eigenvalue weighted by molar-refractivity contribution is -0.163. The van der Waals surface area contributed by atoms with Crippen LogP contribution >= 0.6 is 0 Å². The summed E-state index contributed by atoms with van der Waals surface area (Å²) in [7, 11) is -3.23. The number of hydrogen-bond donors (Lipinski definition) is 0. The van der Waals surface area contributed by atoms with Crippen LogP contribution in [0.5, 0.6) is 0 Å². The highest BCUT2D eigenvalue weighted by atomic mass is 28.4. The van der Waals surface area contributed by atoms with E-state index in [1.807, 2.05) is 6.07 Å². The van der Waals surface area contributed by atoms with E-state index in [0.29, 0.717) is 41.5 Å². The van der Waals surface area contributed by atoms with Gasteiger partial charge in [0.2, 0.25) is 0 Å². The zero-order chi connectivity index (χ0) is 28.9. The molecule has 1 aromatic rings. The van der Waals surface area contributed by atoms with Crippen molar-refractivity contribution in [2.75, 3.05) is 0 Å². The Morgan fingerprint density at radius 3 is 2.12 bits per heavy atom. The van der Waals surface area contributed by atoms with Gasteiger partial charge in [-0.3, -0.25) is 0 Å². The molecule has 6 heteroatoms.